The third-order valence-corrected chi connectivity index (χ3v) is 2.60. The highest BCUT2D eigenvalue weighted by atomic mass is 79.9. The van der Waals surface area contributed by atoms with Crippen molar-refractivity contribution in [3.05, 3.63) is 16.5 Å². The molecule has 0 unspecified atom stereocenters. The van der Waals surface area contributed by atoms with Gasteiger partial charge in [-0.1, -0.05) is 0 Å². The van der Waals surface area contributed by atoms with E-state index >= 15 is 0 Å². The molecule has 0 aromatic carbocycles. The number of aromatic nitrogens is 2. The lowest BCUT2D eigenvalue weighted by Crippen LogP contribution is -2.42. The van der Waals surface area contributed by atoms with Crippen molar-refractivity contribution in [1.82, 2.24) is 9.97 Å². The van der Waals surface area contributed by atoms with Gasteiger partial charge in [0.15, 0.2) is 0 Å². The minimum Gasteiger partial charge on any atom is -0.352 e. The van der Waals surface area contributed by atoms with Gasteiger partial charge in [0.1, 0.15) is 16.2 Å². The molecule has 1 aromatic heterocycles. The number of rotatable bonds is 2. The maximum atomic E-state index is 4.46. The molecule has 0 saturated heterocycles. The summed E-state index contributed by atoms with van der Waals surface area (Å²) in [6, 6.07) is 1.96. The summed E-state index contributed by atoms with van der Waals surface area (Å²) in [5, 5.41) is 0. The van der Waals surface area contributed by atoms with Crippen LogP contribution >= 0.6 is 15.9 Å². The van der Waals surface area contributed by atoms with E-state index < -0.39 is 0 Å². The summed E-state index contributed by atoms with van der Waals surface area (Å²) < 4.78 is 0.840. The molecule has 4 heteroatoms. The molecule has 0 aliphatic carbocycles. The van der Waals surface area contributed by atoms with E-state index in [0.717, 1.165) is 22.8 Å². The van der Waals surface area contributed by atoms with E-state index in [1.807, 2.05) is 13.0 Å². The Kier molecular flexibility index (Phi) is 3.71. The first-order chi connectivity index (χ1) is 6.84. The predicted octanol–water partition coefficient (Wildman–Crippen LogP) is 3.17. The van der Waals surface area contributed by atoms with Crippen molar-refractivity contribution in [2.75, 3.05) is 11.4 Å². The van der Waals surface area contributed by atoms with Gasteiger partial charge in [0, 0.05) is 18.2 Å². The van der Waals surface area contributed by atoms with E-state index in [9.17, 15) is 0 Å². The Balaban J connectivity index is 3.13. The van der Waals surface area contributed by atoms with Gasteiger partial charge in [-0.2, -0.15) is 0 Å². The van der Waals surface area contributed by atoms with Gasteiger partial charge in [0.25, 0.3) is 0 Å². The highest BCUT2D eigenvalue weighted by Gasteiger charge is 2.21. The van der Waals surface area contributed by atoms with Gasteiger partial charge < -0.3 is 4.90 Å². The fourth-order valence-corrected chi connectivity index (χ4v) is 2.10. The van der Waals surface area contributed by atoms with Crippen LogP contribution in [0.3, 0.4) is 0 Å². The lowest BCUT2D eigenvalue weighted by atomic mass is 10.1. The van der Waals surface area contributed by atoms with Crippen molar-refractivity contribution >= 4 is 21.7 Å². The average Bonchev–Trinajstić information content (AvgIpc) is 1.99. The molecule has 1 rings (SSSR count). The second-order valence-electron chi connectivity index (χ2n) is 4.51. The molecule has 0 N–H and O–H groups in total. The molecule has 0 bridgehead atoms. The molecule has 0 fully saturated rings. The molecule has 15 heavy (non-hydrogen) atoms. The van der Waals surface area contributed by atoms with Crippen LogP contribution in [0.25, 0.3) is 0 Å². The fraction of sp³-hybridized carbons (Fsp3) is 0.636. The fourth-order valence-electron chi connectivity index (χ4n) is 1.63. The quantitative estimate of drug-likeness (QED) is 0.774. The van der Waals surface area contributed by atoms with Gasteiger partial charge in [0.2, 0.25) is 0 Å². The van der Waals surface area contributed by atoms with Crippen LogP contribution in [-0.4, -0.2) is 22.1 Å². The van der Waals surface area contributed by atoms with Crippen molar-refractivity contribution < 1.29 is 0 Å². The van der Waals surface area contributed by atoms with Crippen LogP contribution in [0.4, 0.5) is 5.82 Å². The molecule has 3 nitrogen and oxygen atoms in total. The van der Waals surface area contributed by atoms with E-state index in [1.54, 1.807) is 0 Å². The maximum absolute atomic E-state index is 4.46. The number of hydrogen-bond donors (Lipinski definition) is 0. The van der Waals surface area contributed by atoms with E-state index in [4.69, 9.17) is 0 Å². The van der Waals surface area contributed by atoms with E-state index in [0.29, 0.717) is 0 Å². The summed E-state index contributed by atoms with van der Waals surface area (Å²) >= 11 is 3.40. The molecule has 0 spiro atoms. The van der Waals surface area contributed by atoms with E-state index in [-0.39, 0.29) is 5.54 Å². The highest BCUT2D eigenvalue weighted by molar-refractivity contribution is 9.10. The Labute approximate surface area is 100 Å². The smallest absolute Gasteiger partial charge is 0.133 e. The van der Waals surface area contributed by atoms with Crippen molar-refractivity contribution in [3.8, 4) is 0 Å². The Hall–Kier alpha value is -0.640. The highest BCUT2D eigenvalue weighted by Crippen LogP contribution is 2.23. The first-order valence-electron chi connectivity index (χ1n) is 5.13. The summed E-state index contributed by atoms with van der Waals surface area (Å²) in [6.45, 7) is 11.5. The molecule has 0 atom stereocenters. The SMILES string of the molecule is CCN(c1cc(Br)nc(C)n1)C(C)(C)C. The standard InChI is InChI=1S/C11H18BrN3/c1-6-15(11(3,4)5)10-7-9(12)13-8(2)14-10/h7H,6H2,1-5H3. The van der Waals surface area contributed by atoms with Crippen molar-refractivity contribution in [2.24, 2.45) is 0 Å². The van der Waals surface area contributed by atoms with Gasteiger partial charge in [0.05, 0.1) is 0 Å². The number of aryl methyl sites for hydroxylation is 1. The Morgan fingerprint density at radius 3 is 2.33 bits per heavy atom. The number of halogens is 1. The van der Waals surface area contributed by atoms with Crippen molar-refractivity contribution in [1.29, 1.82) is 0 Å². The zero-order valence-corrected chi connectivity index (χ0v) is 11.6. The van der Waals surface area contributed by atoms with Crippen LogP contribution in [-0.2, 0) is 0 Å². The summed E-state index contributed by atoms with van der Waals surface area (Å²) in [5.41, 5.74) is 0.0784. The van der Waals surface area contributed by atoms with Gasteiger partial charge in [-0.15, -0.1) is 0 Å². The normalized spacial score (nSPS) is 11.6. The Morgan fingerprint density at radius 1 is 1.33 bits per heavy atom. The molecular formula is C11H18BrN3. The third kappa shape index (κ3) is 3.16. The summed E-state index contributed by atoms with van der Waals surface area (Å²) in [7, 11) is 0. The van der Waals surface area contributed by atoms with Crippen LogP contribution in [0, 0.1) is 6.92 Å². The average molecular weight is 272 g/mol. The Morgan fingerprint density at radius 2 is 1.93 bits per heavy atom. The van der Waals surface area contributed by atoms with Crippen LogP contribution in [0.1, 0.15) is 33.5 Å². The zero-order chi connectivity index (χ0) is 11.6. The zero-order valence-electron chi connectivity index (χ0n) is 10.0. The molecule has 0 saturated carbocycles. The monoisotopic (exact) mass is 271 g/mol. The van der Waals surface area contributed by atoms with Gasteiger partial charge in [-0.3, -0.25) is 0 Å². The molecule has 1 aromatic rings. The minimum absolute atomic E-state index is 0.0784. The largest absolute Gasteiger partial charge is 0.352 e. The van der Waals surface area contributed by atoms with Crippen LogP contribution in [0.2, 0.25) is 0 Å². The third-order valence-electron chi connectivity index (χ3n) is 2.20. The maximum Gasteiger partial charge on any atom is 0.133 e. The van der Waals surface area contributed by atoms with Crippen LogP contribution in [0.15, 0.2) is 10.7 Å². The minimum atomic E-state index is 0.0784. The number of anilines is 1. The second kappa shape index (κ2) is 4.47. The van der Waals surface area contributed by atoms with Gasteiger partial charge in [-0.25, -0.2) is 9.97 Å². The topological polar surface area (TPSA) is 29.0 Å². The number of hydrogen-bond acceptors (Lipinski definition) is 3. The molecule has 84 valence electrons. The first kappa shape index (κ1) is 12.4. The summed E-state index contributed by atoms with van der Waals surface area (Å²) in [5.74, 6) is 1.77. The van der Waals surface area contributed by atoms with Crippen LogP contribution < -0.4 is 4.90 Å². The van der Waals surface area contributed by atoms with Gasteiger partial charge >= 0.3 is 0 Å². The van der Waals surface area contributed by atoms with Gasteiger partial charge in [-0.05, 0) is 50.5 Å². The van der Waals surface area contributed by atoms with E-state index in [1.165, 1.54) is 0 Å². The molecule has 1 heterocycles. The second-order valence-corrected chi connectivity index (χ2v) is 5.32. The summed E-state index contributed by atoms with van der Waals surface area (Å²) in [4.78, 5) is 10.9. The molecular weight excluding hydrogens is 254 g/mol. The van der Waals surface area contributed by atoms with Crippen molar-refractivity contribution in [3.63, 3.8) is 0 Å². The lowest BCUT2D eigenvalue weighted by Gasteiger charge is -2.35. The lowest BCUT2D eigenvalue weighted by molar-refractivity contribution is 0.507. The Bertz CT molecular complexity index is 324. The van der Waals surface area contributed by atoms with E-state index in [2.05, 4.69) is 58.5 Å². The predicted molar refractivity (Wildman–Crippen MR) is 67.2 cm³/mol. The van der Waals surface area contributed by atoms with Crippen molar-refractivity contribution in [2.45, 2.75) is 40.2 Å². The molecule has 0 radical (unpaired) electrons. The molecule has 0 aliphatic heterocycles. The first-order valence-corrected chi connectivity index (χ1v) is 5.92. The summed E-state index contributed by atoms with van der Waals surface area (Å²) in [6.07, 6.45) is 0. The molecule has 0 aliphatic rings. The van der Waals surface area contributed by atoms with Crippen LogP contribution in [0.5, 0.6) is 0 Å². The molecule has 0 amide bonds. The number of nitrogens with zero attached hydrogens (tertiary/aromatic N) is 3.